The average molecular weight is 411 g/mol. The largest absolute Gasteiger partial charge is 0.396 e. The lowest BCUT2D eigenvalue weighted by atomic mass is 9.84. The van der Waals surface area contributed by atoms with Gasteiger partial charge < -0.3 is 10.2 Å². The minimum absolute atomic E-state index is 0.0621. The van der Waals surface area contributed by atoms with E-state index in [2.05, 4.69) is 20.5 Å². The van der Waals surface area contributed by atoms with E-state index in [0.29, 0.717) is 24.5 Å². The third-order valence-electron chi connectivity index (χ3n) is 4.45. The van der Waals surface area contributed by atoms with Crippen molar-refractivity contribution in [3.63, 3.8) is 0 Å². The SMILES string of the molecule is OCCCc1ccc(C(F)(F)C(O)(Cn2cnnn2)c2ccc(F)cc2F)nc1. The Labute approximate surface area is 162 Å². The van der Waals surface area contributed by atoms with Gasteiger partial charge in [0.05, 0.1) is 6.54 Å². The zero-order chi connectivity index (χ0) is 21.1. The number of benzene rings is 1. The van der Waals surface area contributed by atoms with Gasteiger partial charge in [0.1, 0.15) is 23.7 Å². The third-order valence-corrected chi connectivity index (χ3v) is 4.45. The molecule has 2 N–H and O–H groups in total. The van der Waals surface area contributed by atoms with Crippen molar-refractivity contribution < 1.29 is 27.8 Å². The zero-order valence-electron chi connectivity index (χ0n) is 15.0. The van der Waals surface area contributed by atoms with Gasteiger partial charge >= 0.3 is 5.92 Å². The van der Waals surface area contributed by atoms with Crippen LogP contribution in [0.1, 0.15) is 23.2 Å². The highest BCUT2D eigenvalue weighted by Gasteiger charge is 2.57. The maximum Gasteiger partial charge on any atom is 0.323 e. The van der Waals surface area contributed by atoms with Gasteiger partial charge in [-0.25, -0.2) is 13.5 Å². The summed E-state index contributed by atoms with van der Waals surface area (Å²) in [6, 6.07) is 4.31. The number of hydrogen-bond donors (Lipinski definition) is 2. The molecule has 0 aliphatic carbocycles. The van der Waals surface area contributed by atoms with Crippen LogP contribution in [-0.4, -0.2) is 42.0 Å². The van der Waals surface area contributed by atoms with Crippen LogP contribution < -0.4 is 0 Å². The number of tetrazole rings is 1. The molecule has 0 amide bonds. The normalized spacial score (nSPS) is 14.0. The Bertz CT molecular complexity index is 953. The number of aliphatic hydroxyl groups excluding tert-OH is 1. The maximum atomic E-state index is 15.5. The Morgan fingerprint density at radius 1 is 1.10 bits per heavy atom. The van der Waals surface area contributed by atoms with Crippen molar-refractivity contribution in [2.75, 3.05) is 6.61 Å². The molecule has 0 fully saturated rings. The molecule has 7 nitrogen and oxygen atoms in total. The molecule has 0 bridgehead atoms. The predicted molar refractivity (Wildman–Crippen MR) is 91.6 cm³/mol. The topological polar surface area (TPSA) is 97.0 Å². The summed E-state index contributed by atoms with van der Waals surface area (Å²) in [4.78, 5) is 3.72. The molecule has 2 heterocycles. The predicted octanol–water partition coefficient (Wildman–Crippen LogP) is 1.95. The summed E-state index contributed by atoms with van der Waals surface area (Å²) >= 11 is 0. The molecular formula is C18H17F4N5O2. The average Bonchev–Trinajstić information content (AvgIpc) is 3.19. The van der Waals surface area contributed by atoms with Crippen molar-refractivity contribution in [3.8, 4) is 0 Å². The fourth-order valence-corrected chi connectivity index (χ4v) is 2.92. The Kier molecular flexibility index (Phi) is 5.89. The number of rotatable bonds is 8. The highest BCUT2D eigenvalue weighted by molar-refractivity contribution is 5.31. The molecule has 0 saturated carbocycles. The van der Waals surface area contributed by atoms with Crippen molar-refractivity contribution in [3.05, 3.63) is 71.3 Å². The first-order valence-corrected chi connectivity index (χ1v) is 8.60. The molecule has 2 aromatic heterocycles. The minimum Gasteiger partial charge on any atom is -0.396 e. The number of hydrogen-bond acceptors (Lipinski definition) is 6. The number of nitrogens with zero attached hydrogens (tertiary/aromatic N) is 5. The van der Waals surface area contributed by atoms with E-state index in [1.54, 1.807) is 0 Å². The number of halogens is 4. The van der Waals surface area contributed by atoms with Gasteiger partial charge in [-0.1, -0.05) is 6.07 Å². The first-order chi connectivity index (χ1) is 13.8. The molecule has 0 aliphatic rings. The van der Waals surface area contributed by atoms with Gasteiger partial charge in [0.25, 0.3) is 0 Å². The standard InChI is InChI=1S/C18H17F4N5O2/c19-13-4-5-14(15(20)8-13)17(29,10-27-11-24-25-26-27)18(21,22)16-6-3-12(9-23-16)2-1-7-28/h3-6,8-9,11,28-29H,1-2,7,10H2. The summed E-state index contributed by atoms with van der Waals surface area (Å²) < 4.78 is 59.4. The zero-order valence-corrected chi connectivity index (χ0v) is 15.0. The van der Waals surface area contributed by atoms with E-state index in [0.717, 1.165) is 29.2 Å². The lowest BCUT2D eigenvalue weighted by Crippen LogP contribution is -2.48. The second-order valence-electron chi connectivity index (χ2n) is 6.45. The van der Waals surface area contributed by atoms with Crippen LogP contribution >= 0.6 is 0 Å². The second kappa shape index (κ2) is 8.21. The van der Waals surface area contributed by atoms with E-state index in [1.807, 2.05) is 0 Å². The van der Waals surface area contributed by atoms with Gasteiger partial charge in [0, 0.05) is 24.4 Å². The lowest BCUT2D eigenvalue weighted by Gasteiger charge is -2.35. The molecule has 3 rings (SSSR count). The van der Waals surface area contributed by atoms with E-state index in [1.165, 1.54) is 12.3 Å². The molecular weight excluding hydrogens is 394 g/mol. The summed E-state index contributed by atoms with van der Waals surface area (Å²) in [5.74, 6) is -6.42. The first-order valence-electron chi connectivity index (χ1n) is 8.60. The van der Waals surface area contributed by atoms with Crippen LogP contribution in [-0.2, 0) is 24.5 Å². The van der Waals surface area contributed by atoms with E-state index in [-0.39, 0.29) is 6.61 Å². The molecule has 0 spiro atoms. The second-order valence-corrected chi connectivity index (χ2v) is 6.45. The van der Waals surface area contributed by atoms with E-state index >= 15 is 8.78 Å². The summed E-state index contributed by atoms with van der Waals surface area (Å²) in [5.41, 5.74) is -4.20. The highest BCUT2D eigenvalue weighted by atomic mass is 19.3. The van der Waals surface area contributed by atoms with Crippen LogP contribution in [0.25, 0.3) is 0 Å². The molecule has 3 aromatic rings. The molecule has 0 aliphatic heterocycles. The minimum atomic E-state index is -4.09. The number of aliphatic hydroxyl groups is 2. The van der Waals surface area contributed by atoms with E-state index in [9.17, 15) is 13.9 Å². The van der Waals surface area contributed by atoms with Crippen LogP contribution in [0.5, 0.6) is 0 Å². The van der Waals surface area contributed by atoms with Crippen molar-refractivity contribution in [2.45, 2.75) is 30.9 Å². The number of pyridine rings is 1. The van der Waals surface area contributed by atoms with Crippen molar-refractivity contribution in [2.24, 2.45) is 0 Å². The van der Waals surface area contributed by atoms with E-state index in [4.69, 9.17) is 5.11 Å². The molecule has 0 radical (unpaired) electrons. The summed E-state index contributed by atoms with van der Waals surface area (Å²) in [5, 5.41) is 30.0. The molecule has 0 saturated heterocycles. The van der Waals surface area contributed by atoms with Crippen LogP contribution in [0, 0.1) is 11.6 Å². The number of aromatic nitrogens is 5. The van der Waals surface area contributed by atoms with E-state index < -0.39 is 41.0 Å². The summed E-state index contributed by atoms with van der Waals surface area (Å²) in [7, 11) is 0. The molecule has 29 heavy (non-hydrogen) atoms. The van der Waals surface area contributed by atoms with Gasteiger partial charge in [-0.2, -0.15) is 8.78 Å². The number of alkyl halides is 2. The fraction of sp³-hybridized carbons (Fsp3) is 0.333. The first kappa shape index (κ1) is 20.8. The van der Waals surface area contributed by atoms with Crippen molar-refractivity contribution >= 4 is 0 Å². The summed E-state index contributed by atoms with van der Waals surface area (Å²) in [6.45, 7) is -0.975. The molecule has 154 valence electrons. The van der Waals surface area contributed by atoms with Crippen LogP contribution in [0.4, 0.5) is 17.6 Å². The molecule has 1 atom stereocenters. The van der Waals surface area contributed by atoms with Gasteiger partial charge in [-0.15, -0.1) is 5.10 Å². The van der Waals surface area contributed by atoms with Crippen LogP contribution in [0.15, 0.2) is 42.9 Å². The lowest BCUT2D eigenvalue weighted by molar-refractivity contribution is -0.207. The van der Waals surface area contributed by atoms with Gasteiger partial charge in [-0.3, -0.25) is 4.98 Å². The molecule has 1 aromatic carbocycles. The molecule has 11 heteroatoms. The highest BCUT2D eigenvalue weighted by Crippen LogP contribution is 2.46. The third kappa shape index (κ3) is 4.10. The Hall–Kier alpha value is -2.92. The van der Waals surface area contributed by atoms with Crippen molar-refractivity contribution in [1.29, 1.82) is 0 Å². The summed E-state index contributed by atoms with van der Waals surface area (Å²) in [6.07, 6.45) is 3.03. The maximum absolute atomic E-state index is 15.5. The Morgan fingerprint density at radius 2 is 1.90 bits per heavy atom. The number of aryl methyl sites for hydroxylation is 1. The quantitative estimate of drug-likeness (QED) is 0.550. The Morgan fingerprint density at radius 3 is 2.48 bits per heavy atom. The van der Waals surface area contributed by atoms with Crippen LogP contribution in [0.3, 0.4) is 0 Å². The van der Waals surface area contributed by atoms with Gasteiger partial charge in [-0.05, 0) is 47.0 Å². The molecule has 1 unspecified atom stereocenters. The smallest absolute Gasteiger partial charge is 0.323 e. The van der Waals surface area contributed by atoms with Gasteiger partial charge in [0.2, 0.25) is 0 Å². The van der Waals surface area contributed by atoms with Gasteiger partial charge in [0.15, 0.2) is 5.60 Å². The van der Waals surface area contributed by atoms with Crippen LogP contribution in [0.2, 0.25) is 0 Å². The fourth-order valence-electron chi connectivity index (χ4n) is 2.92. The van der Waals surface area contributed by atoms with Crippen molar-refractivity contribution in [1.82, 2.24) is 25.2 Å². The monoisotopic (exact) mass is 411 g/mol. The Balaban J connectivity index is 2.06.